The van der Waals surface area contributed by atoms with Gasteiger partial charge in [0, 0.05) is 44.9 Å². The lowest BCUT2D eigenvalue weighted by Crippen LogP contribution is -2.49. The lowest BCUT2D eigenvalue weighted by molar-refractivity contribution is -0.146. The Morgan fingerprint density at radius 1 is 1.07 bits per heavy atom. The molecule has 7 heteroatoms. The van der Waals surface area contributed by atoms with Crippen molar-refractivity contribution < 1.29 is 14.3 Å². The number of carbonyl (C=O) groups is 2. The highest BCUT2D eigenvalue weighted by atomic mass is 16.5. The van der Waals surface area contributed by atoms with E-state index in [2.05, 4.69) is 14.9 Å². The minimum atomic E-state index is -0.499. The summed E-state index contributed by atoms with van der Waals surface area (Å²) in [5.41, 5.74) is 1.75. The Morgan fingerprint density at radius 3 is 2.41 bits per heavy atom. The van der Waals surface area contributed by atoms with Crippen LogP contribution in [-0.2, 0) is 14.3 Å². The molecule has 1 aromatic heterocycles. The fraction of sp³-hybridized carbons (Fsp3) is 0.364. The van der Waals surface area contributed by atoms with Crippen molar-refractivity contribution >= 4 is 23.8 Å². The predicted octanol–water partition coefficient (Wildman–Crippen LogP) is 2.85. The molecule has 0 saturated carbocycles. The first-order valence-electron chi connectivity index (χ1n) is 9.72. The Bertz CT molecular complexity index is 890. The number of aromatic nitrogens is 2. The fourth-order valence-corrected chi connectivity index (χ4v) is 3.29. The minimum absolute atomic E-state index is 0.0559. The summed E-state index contributed by atoms with van der Waals surface area (Å²) in [5, 5.41) is 0. The molecular formula is C22H26N4O3. The number of carbonyl (C=O) groups excluding carboxylic acids is 2. The molecule has 7 nitrogen and oxygen atoms in total. The number of benzene rings is 1. The Hall–Kier alpha value is -3.22. The van der Waals surface area contributed by atoms with Crippen molar-refractivity contribution in [3.05, 3.63) is 59.6 Å². The molecule has 0 bridgehead atoms. The van der Waals surface area contributed by atoms with E-state index in [-0.39, 0.29) is 11.9 Å². The van der Waals surface area contributed by atoms with E-state index in [1.165, 1.54) is 6.92 Å². The van der Waals surface area contributed by atoms with Crippen LogP contribution < -0.4 is 4.90 Å². The molecule has 2 heterocycles. The third-order valence-corrected chi connectivity index (χ3v) is 4.78. The van der Waals surface area contributed by atoms with Gasteiger partial charge in [0.2, 0.25) is 5.91 Å². The highest BCUT2D eigenvalue weighted by Gasteiger charge is 2.23. The van der Waals surface area contributed by atoms with E-state index >= 15 is 0 Å². The minimum Gasteiger partial charge on any atom is -0.455 e. The molecule has 0 radical (unpaired) electrons. The third-order valence-electron chi connectivity index (χ3n) is 4.78. The zero-order chi connectivity index (χ0) is 20.8. The molecule has 29 heavy (non-hydrogen) atoms. The predicted molar refractivity (Wildman–Crippen MR) is 111 cm³/mol. The molecule has 1 fully saturated rings. The Balaban J connectivity index is 1.61. The van der Waals surface area contributed by atoms with Gasteiger partial charge in [-0.15, -0.1) is 0 Å². The van der Waals surface area contributed by atoms with E-state index in [1.54, 1.807) is 13.1 Å². The van der Waals surface area contributed by atoms with E-state index in [0.717, 1.165) is 17.0 Å². The Kier molecular flexibility index (Phi) is 6.59. The summed E-state index contributed by atoms with van der Waals surface area (Å²) in [5.74, 6) is 0.938. The standard InChI is InChI=1S/C22H26N4O3/c1-16(15-19-7-5-4-6-8-19)22(28)26-13-11-25(12-14-26)20-9-10-23-21(24-20)17(2)29-18(3)27/h4-10,15,17H,11-14H2,1-3H3/b16-15+/t17-/m1/s1. The van der Waals surface area contributed by atoms with Gasteiger partial charge in [0.15, 0.2) is 11.9 Å². The molecule has 3 rings (SSSR count). The molecule has 0 N–H and O–H groups in total. The number of amides is 1. The Labute approximate surface area is 171 Å². The van der Waals surface area contributed by atoms with Crippen LogP contribution in [0.3, 0.4) is 0 Å². The summed E-state index contributed by atoms with van der Waals surface area (Å²) in [4.78, 5) is 36.6. The maximum Gasteiger partial charge on any atom is 0.303 e. The normalized spacial score (nSPS) is 15.8. The number of ether oxygens (including phenoxy) is 1. The second kappa shape index (κ2) is 9.32. The average molecular weight is 394 g/mol. The molecule has 1 amide bonds. The summed E-state index contributed by atoms with van der Waals surface area (Å²) in [6.45, 7) is 7.58. The third kappa shape index (κ3) is 5.40. The molecular weight excluding hydrogens is 368 g/mol. The van der Waals surface area contributed by atoms with Gasteiger partial charge in [-0.3, -0.25) is 9.59 Å². The SMILES string of the molecule is CC(=O)O[C@H](C)c1nccc(N2CCN(C(=O)/C(C)=C/c3ccccc3)CC2)n1. The maximum atomic E-state index is 12.8. The van der Waals surface area contributed by atoms with Crippen molar-refractivity contribution in [3.63, 3.8) is 0 Å². The lowest BCUT2D eigenvalue weighted by atomic mass is 10.1. The van der Waals surface area contributed by atoms with E-state index < -0.39 is 6.10 Å². The fourth-order valence-electron chi connectivity index (χ4n) is 3.29. The van der Waals surface area contributed by atoms with Gasteiger partial charge in [-0.1, -0.05) is 30.3 Å². The lowest BCUT2D eigenvalue weighted by Gasteiger charge is -2.35. The van der Waals surface area contributed by atoms with Crippen LogP contribution in [0.1, 0.15) is 38.3 Å². The average Bonchev–Trinajstić information content (AvgIpc) is 2.73. The number of nitrogens with zero attached hydrogens (tertiary/aromatic N) is 4. The summed E-state index contributed by atoms with van der Waals surface area (Å²) in [7, 11) is 0. The zero-order valence-corrected chi connectivity index (χ0v) is 17.0. The van der Waals surface area contributed by atoms with Gasteiger partial charge < -0.3 is 14.5 Å². The van der Waals surface area contributed by atoms with Crippen LogP contribution >= 0.6 is 0 Å². The molecule has 152 valence electrons. The summed E-state index contributed by atoms with van der Waals surface area (Å²) < 4.78 is 5.16. The van der Waals surface area contributed by atoms with Gasteiger partial charge in [0.05, 0.1) is 0 Å². The van der Waals surface area contributed by atoms with Crippen LogP contribution in [0.5, 0.6) is 0 Å². The quantitative estimate of drug-likeness (QED) is 0.573. The van der Waals surface area contributed by atoms with Crippen LogP contribution in [0.2, 0.25) is 0 Å². The van der Waals surface area contributed by atoms with Crippen LogP contribution in [-0.4, -0.2) is 52.9 Å². The van der Waals surface area contributed by atoms with Crippen LogP contribution in [0.25, 0.3) is 6.08 Å². The van der Waals surface area contributed by atoms with Crippen molar-refractivity contribution in [2.75, 3.05) is 31.1 Å². The van der Waals surface area contributed by atoms with E-state index in [1.807, 2.05) is 54.3 Å². The number of esters is 1. The summed E-state index contributed by atoms with van der Waals surface area (Å²) >= 11 is 0. The van der Waals surface area contributed by atoms with Crippen molar-refractivity contribution in [2.24, 2.45) is 0 Å². The van der Waals surface area contributed by atoms with Crippen LogP contribution in [0, 0.1) is 0 Å². The topological polar surface area (TPSA) is 75.6 Å². The summed E-state index contributed by atoms with van der Waals surface area (Å²) in [6, 6.07) is 11.7. The van der Waals surface area contributed by atoms with Crippen molar-refractivity contribution in [3.8, 4) is 0 Å². The first-order chi connectivity index (χ1) is 13.9. The van der Waals surface area contributed by atoms with Gasteiger partial charge in [0.25, 0.3) is 0 Å². The summed E-state index contributed by atoms with van der Waals surface area (Å²) in [6.07, 6.45) is 3.09. The van der Waals surface area contributed by atoms with Crippen molar-refractivity contribution in [2.45, 2.75) is 26.9 Å². The number of hydrogen-bond donors (Lipinski definition) is 0. The van der Waals surface area contributed by atoms with Crippen LogP contribution in [0.15, 0.2) is 48.2 Å². The first-order valence-corrected chi connectivity index (χ1v) is 9.72. The molecule has 0 unspecified atom stereocenters. The molecule has 2 aromatic rings. The number of hydrogen-bond acceptors (Lipinski definition) is 6. The molecule has 0 spiro atoms. The number of rotatable bonds is 5. The van der Waals surface area contributed by atoms with Crippen LogP contribution in [0.4, 0.5) is 5.82 Å². The van der Waals surface area contributed by atoms with Gasteiger partial charge >= 0.3 is 5.97 Å². The second-order valence-electron chi connectivity index (χ2n) is 7.04. The molecule has 1 atom stereocenters. The van der Waals surface area contributed by atoms with Gasteiger partial charge in [-0.05, 0) is 31.6 Å². The highest BCUT2D eigenvalue weighted by Crippen LogP contribution is 2.19. The molecule has 1 aliphatic heterocycles. The van der Waals surface area contributed by atoms with Crippen molar-refractivity contribution in [1.82, 2.24) is 14.9 Å². The van der Waals surface area contributed by atoms with Crippen molar-refractivity contribution in [1.29, 1.82) is 0 Å². The molecule has 1 aliphatic rings. The molecule has 1 aromatic carbocycles. The first kappa shape index (κ1) is 20.5. The monoisotopic (exact) mass is 394 g/mol. The second-order valence-corrected chi connectivity index (χ2v) is 7.04. The van der Waals surface area contributed by atoms with Gasteiger partial charge in [0.1, 0.15) is 5.82 Å². The molecule has 1 saturated heterocycles. The van der Waals surface area contributed by atoms with Gasteiger partial charge in [-0.25, -0.2) is 9.97 Å². The smallest absolute Gasteiger partial charge is 0.303 e. The van der Waals surface area contributed by atoms with Gasteiger partial charge in [-0.2, -0.15) is 0 Å². The highest BCUT2D eigenvalue weighted by molar-refractivity contribution is 5.97. The largest absolute Gasteiger partial charge is 0.455 e. The molecule has 0 aliphatic carbocycles. The van der Waals surface area contributed by atoms with E-state index in [4.69, 9.17) is 4.74 Å². The number of piperazine rings is 1. The Morgan fingerprint density at radius 2 is 1.76 bits per heavy atom. The number of anilines is 1. The van der Waals surface area contributed by atoms with E-state index in [0.29, 0.717) is 32.0 Å². The maximum absolute atomic E-state index is 12.8. The van der Waals surface area contributed by atoms with E-state index in [9.17, 15) is 9.59 Å². The zero-order valence-electron chi connectivity index (χ0n) is 17.0.